The molecule has 0 aliphatic heterocycles. The Morgan fingerprint density at radius 3 is 2.26 bits per heavy atom. The summed E-state index contributed by atoms with van der Waals surface area (Å²) in [4.78, 5) is 4.31. The molecule has 3 rings (SSSR count). The fraction of sp³-hybridized carbons (Fsp3) is 0.150. The van der Waals surface area contributed by atoms with E-state index in [9.17, 15) is 4.39 Å². The molecule has 3 aromatic rings. The normalized spacial score (nSPS) is 10.6. The van der Waals surface area contributed by atoms with Gasteiger partial charge in [0.15, 0.2) is 0 Å². The van der Waals surface area contributed by atoms with Gasteiger partial charge in [0.1, 0.15) is 18.2 Å². The van der Waals surface area contributed by atoms with E-state index in [1.54, 1.807) is 18.3 Å². The lowest BCUT2D eigenvalue weighted by Crippen LogP contribution is -1.97. The summed E-state index contributed by atoms with van der Waals surface area (Å²) in [7, 11) is 0. The largest absolute Gasteiger partial charge is 0.489 e. The third kappa shape index (κ3) is 3.95. The van der Waals surface area contributed by atoms with Gasteiger partial charge < -0.3 is 4.74 Å². The monoisotopic (exact) mass is 307 g/mol. The maximum atomic E-state index is 12.9. The molecule has 0 unspecified atom stereocenters. The Balaban J connectivity index is 1.78. The topological polar surface area (TPSA) is 22.1 Å². The average Bonchev–Trinajstić information content (AvgIpc) is 2.54. The number of rotatable bonds is 4. The minimum atomic E-state index is -0.268. The van der Waals surface area contributed by atoms with E-state index in [0.717, 1.165) is 16.7 Å². The van der Waals surface area contributed by atoms with Gasteiger partial charge in [-0.05, 0) is 49.7 Å². The first-order valence-electron chi connectivity index (χ1n) is 7.51. The summed E-state index contributed by atoms with van der Waals surface area (Å²) in [6.07, 6.45) is 3.64. The van der Waals surface area contributed by atoms with E-state index in [-0.39, 0.29) is 5.82 Å². The quantitative estimate of drug-likeness (QED) is 0.670. The van der Waals surface area contributed by atoms with Crippen LogP contribution in [0.2, 0.25) is 0 Å². The summed E-state index contributed by atoms with van der Waals surface area (Å²) in [5, 5.41) is 0. The zero-order valence-electron chi connectivity index (χ0n) is 13.2. The number of halogens is 1. The van der Waals surface area contributed by atoms with Crippen LogP contribution in [0.4, 0.5) is 4.39 Å². The second kappa shape index (κ2) is 6.61. The average molecular weight is 307 g/mol. The molecule has 23 heavy (non-hydrogen) atoms. The smallest absolute Gasteiger partial charge is 0.123 e. The highest BCUT2D eigenvalue weighted by Crippen LogP contribution is 2.23. The third-order valence-electron chi connectivity index (χ3n) is 3.57. The zero-order valence-corrected chi connectivity index (χ0v) is 13.2. The Labute approximate surface area is 135 Å². The number of aryl methyl sites for hydroxylation is 2. The van der Waals surface area contributed by atoms with Gasteiger partial charge in [0.05, 0.1) is 0 Å². The summed E-state index contributed by atoms with van der Waals surface area (Å²) >= 11 is 0. The van der Waals surface area contributed by atoms with Crippen LogP contribution in [0.5, 0.6) is 5.75 Å². The summed E-state index contributed by atoms with van der Waals surface area (Å²) in [5.74, 6) is 0.374. The molecule has 1 aromatic heterocycles. The van der Waals surface area contributed by atoms with Gasteiger partial charge in [0.25, 0.3) is 0 Å². The Morgan fingerprint density at radius 1 is 0.870 bits per heavy atom. The highest BCUT2D eigenvalue weighted by atomic mass is 19.1. The van der Waals surface area contributed by atoms with Crippen LogP contribution < -0.4 is 4.74 Å². The van der Waals surface area contributed by atoms with Crippen molar-refractivity contribution in [1.82, 2.24) is 4.98 Å². The molecule has 0 aliphatic rings. The molecule has 2 nitrogen and oxygen atoms in total. The first-order chi connectivity index (χ1) is 11.1. The number of nitrogens with zero attached hydrogens (tertiary/aromatic N) is 1. The summed E-state index contributed by atoms with van der Waals surface area (Å²) in [6, 6.07) is 14.5. The summed E-state index contributed by atoms with van der Waals surface area (Å²) < 4.78 is 18.6. The Morgan fingerprint density at radius 2 is 1.57 bits per heavy atom. The van der Waals surface area contributed by atoms with Crippen LogP contribution >= 0.6 is 0 Å². The van der Waals surface area contributed by atoms with Crippen LogP contribution in [0, 0.1) is 19.7 Å². The second-order valence-electron chi connectivity index (χ2n) is 5.70. The van der Waals surface area contributed by atoms with Gasteiger partial charge in [0, 0.05) is 23.5 Å². The van der Waals surface area contributed by atoms with Crippen LogP contribution in [0.1, 0.15) is 16.7 Å². The lowest BCUT2D eigenvalue weighted by Gasteiger charge is -2.09. The molecule has 116 valence electrons. The SMILES string of the molecule is Cc1cc(C)cc(-c2cncc(COc3ccc(F)cc3)c2)c1. The van der Waals surface area contributed by atoms with Gasteiger partial charge in [-0.15, -0.1) is 0 Å². The van der Waals surface area contributed by atoms with Crippen molar-refractivity contribution >= 4 is 0 Å². The van der Waals surface area contributed by atoms with E-state index in [4.69, 9.17) is 4.74 Å². The number of hydrogen-bond acceptors (Lipinski definition) is 2. The Hall–Kier alpha value is -2.68. The van der Waals surface area contributed by atoms with E-state index >= 15 is 0 Å². The molecule has 0 N–H and O–H groups in total. The summed E-state index contributed by atoms with van der Waals surface area (Å²) in [6.45, 7) is 4.58. The molecule has 1 heterocycles. The van der Waals surface area contributed by atoms with E-state index < -0.39 is 0 Å². The van der Waals surface area contributed by atoms with Crippen LogP contribution in [-0.4, -0.2) is 4.98 Å². The molecule has 0 aliphatic carbocycles. The standard InChI is InChI=1S/C20H18FNO/c1-14-7-15(2)9-17(8-14)18-10-16(11-22-12-18)13-23-20-5-3-19(21)4-6-20/h3-12H,13H2,1-2H3. The fourth-order valence-corrected chi connectivity index (χ4v) is 2.56. The first-order valence-corrected chi connectivity index (χ1v) is 7.51. The highest BCUT2D eigenvalue weighted by molar-refractivity contribution is 5.64. The molecule has 0 fully saturated rings. The molecular weight excluding hydrogens is 289 g/mol. The van der Waals surface area contributed by atoms with Crippen molar-refractivity contribution in [3.63, 3.8) is 0 Å². The molecule has 0 saturated carbocycles. The summed E-state index contributed by atoms with van der Waals surface area (Å²) in [5.41, 5.74) is 5.66. The second-order valence-corrected chi connectivity index (χ2v) is 5.70. The minimum absolute atomic E-state index is 0.268. The molecule has 0 amide bonds. The van der Waals surface area contributed by atoms with Crippen molar-refractivity contribution in [3.8, 4) is 16.9 Å². The van der Waals surface area contributed by atoms with Gasteiger partial charge >= 0.3 is 0 Å². The van der Waals surface area contributed by atoms with Crippen molar-refractivity contribution in [2.75, 3.05) is 0 Å². The van der Waals surface area contributed by atoms with Crippen molar-refractivity contribution in [1.29, 1.82) is 0 Å². The molecule has 0 atom stereocenters. The first kappa shape index (κ1) is 15.2. The van der Waals surface area contributed by atoms with Gasteiger partial charge in [0.2, 0.25) is 0 Å². The molecule has 0 spiro atoms. The third-order valence-corrected chi connectivity index (χ3v) is 3.57. The van der Waals surface area contributed by atoms with Crippen LogP contribution in [-0.2, 0) is 6.61 Å². The number of benzene rings is 2. The van der Waals surface area contributed by atoms with Gasteiger partial charge in [-0.3, -0.25) is 4.98 Å². The van der Waals surface area contributed by atoms with Gasteiger partial charge in [-0.25, -0.2) is 4.39 Å². The lowest BCUT2D eigenvalue weighted by atomic mass is 10.0. The van der Waals surface area contributed by atoms with Crippen LogP contribution in [0.3, 0.4) is 0 Å². The predicted octanol–water partition coefficient (Wildman–Crippen LogP) is 5.08. The molecule has 2 aromatic carbocycles. The van der Waals surface area contributed by atoms with Crippen molar-refractivity contribution in [2.24, 2.45) is 0 Å². The van der Waals surface area contributed by atoms with Crippen molar-refractivity contribution in [2.45, 2.75) is 20.5 Å². The zero-order chi connectivity index (χ0) is 16.2. The van der Waals surface area contributed by atoms with E-state index in [2.05, 4.69) is 43.1 Å². The number of ether oxygens (including phenoxy) is 1. The highest BCUT2D eigenvalue weighted by Gasteiger charge is 2.03. The molecular formula is C20H18FNO. The molecule has 0 saturated heterocycles. The van der Waals surface area contributed by atoms with Crippen molar-refractivity contribution < 1.29 is 9.13 Å². The van der Waals surface area contributed by atoms with E-state index in [1.807, 2.05) is 6.20 Å². The minimum Gasteiger partial charge on any atom is -0.489 e. The molecule has 0 bridgehead atoms. The predicted molar refractivity (Wildman–Crippen MR) is 89.9 cm³/mol. The maximum absolute atomic E-state index is 12.9. The van der Waals surface area contributed by atoms with E-state index in [1.165, 1.54) is 23.3 Å². The number of pyridine rings is 1. The van der Waals surface area contributed by atoms with Gasteiger partial charge in [-0.1, -0.05) is 29.3 Å². The van der Waals surface area contributed by atoms with Crippen molar-refractivity contribution in [3.05, 3.63) is 83.4 Å². The maximum Gasteiger partial charge on any atom is 0.123 e. The number of hydrogen-bond donors (Lipinski definition) is 0. The van der Waals surface area contributed by atoms with E-state index in [0.29, 0.717) is 12.4 Å². The van der Waals surface area contributed by atoms with Gasteiger partial charge in [-0.2, -0.15) is 0 Å². The Bertz CT molecular complexity index is 792. The van der Waals surface area contributed by atoms with Crippen LogP contribution in [0.15, 0.2) is 60.9 Å². The molecule has 3 heteroatoms. The molecule has 0 radical (unpaired) electrons. The van der Waals surface area contributed by atoms with Crippen LogP contribution in [0.25, 0.3) is 11.1 Å². The fourth-order valence-electron chi connectivity index (χ4n) is 2.56. The Kier molecular flexibility index (Phi) is 4.38. The lowest BCUT2D eigenvalue weighted by molar-refractivity contribution is 0.305. The number of aromatic nitrogens is 1.